The largest absolute Gasteiger partial charge is 0.505 e. The van der Waals surface area contributed by atoms with Crippen LogP contribution < -0.4 is 0 Å². The van der Waals surface area contributed by atoms with E-state index in [4.69, 9.17) is 9.84 Å². The molecule has 0 radical (unpaired) electrons. The van der Waals surface area contributed by atoms with Crippen LogP contribution in [0.3, 0.4) is 0 Å². The summed E-state index contributed by atoms with van der Waals surface area (Å²) >= 11 is 0. The molecule has 6 heteroatoms. The van der Waals surface area contributed by atoms with Crippen molar-refractivity contribution in [1.29, 1.82) is 0 Å². The molecule has 2 aromatic carbocycles. The van der Waals surface area contributed by atoms with E-state index in [9.17, 15) is 9.90 Å². The first-order valence-corrected chi connectivity index (χ1v) is 7.67. The minimum Gasteiger partial charge on any atom is -0.505 e. The summed E-state index contributed by atoms with van der Waals surface area (Å²) in [6.07, 6.45) is 0. The van der Waals surface area contributed by atoms with E-state index >= 15 is 0 Å². The summed E-state index contributed by atoms with van der Waals surface area (Å²) in [6.45, 7) is 6.80. The second kappa shape index (κ2) is 8.21. The van der Waals surface area contributed by atoms with Crippen LogP contribution >= 0.6 is 0 Å². The van der Waals surface area contributed by atoms with Crippen molar-refractivity contribution in [2.75, 3.05) is 0 Å². The summed E-state index contributed by atoms with van der Waals surface area (Å²) in [7, 11) is 0. The van der Waals surface area contributed by atoms with Gasteiger partial charge in [-0.2, -0.15) is 5.11 Å². The maximum absolute atomic E-state index is 11.5. The molecule has 2 N–H and O–H groups in total. The van der Waals surface area contributed by atoms with Crippen LogP contribution in [0.4, 0.5) is 11.4 Å². The van der Waals surface area contributed by atoms with Crippen molar-refractivity contribution in [2.24, 2.45) is 10.2 Å². The molecular weight excluding hydrogens is 320 g/mol. The van der Waals surface area contributed by atoms with E-state index in [0.29, 0.717) is 16.8 Å². The van der Waals surface area contributed by atoms with E-state index in [1.54, 1.807) is 43.3 Å². The molecule has 2 aromatic rings. The SMILES string of the molecule is C=C(C)C(=O)OCc1cc(C)cc(N=Nc2ccc(CO)cc2)c1O. The molecule has 130 valence electrons. The van der Waals surface area contributed by atoms with Crippen LogP contribution in [-0.2, 0) is 22.7 Å². The highest BCUT2D eigenvalue weighted by atomic mass is 16.5. The van der Waals surface area contributed by atoms with Crippen molar-refractivity contribution >= 4 is 17.3 Å². The number of ether oxygens (including phenoxy) is 1. The number of hydrogen-bond donors (Lipinski definition) is 2. The fourth-order valence-corrected chi connectivity index (χ4v) is 2.07. The molecule has 2 rings (SSSR count). The summed E-state index contributed by atoms with van der Waals surface area (Å²) < 4.78 is 5.07. The lowest BCUT2D eigenvalue weighted by molar-refractivity contribution is -0.140. The normalized spacial score (nSPS) is 10.8. The molecular formula is C19H20N2O4. The lowest BCUT2D eigenvalue weighted by atomic mass is 10.1. The first kappa shape index (κ1) is 18.4. The highest BCUT2D eigenvalue weighted by Crippen LogP contribution is 2.33. The Morgan fingerprint density at radius 2 is 1.88 bits per heavy atom. The van der Waals surface area contributed by atoms with Gasteiger partial charge in [-0.05, 0) is 49.2 Å². The van der Waals surface area contributed by atoms with Crippen molar-refractivity contribution in [3.63, 3.8) is 0 Å². The molecule has 0 unspecified atom stereocenters. The molecule has 0 aliphatic heterocycles. The second-order valence-corrected chi connectivity index (χ2v) is 5.67. The average Bonchev–Trinajstić information content (AvgIpc) is 2.60. The van der Waals surface area contributed by atoms with Crippen molar-refractivity contribution in [3.05, 3.63) is 65.2 Å². The van der Waals surface area contributed by atoms with E-state index in [2.05, 4.69) is 16.8 Å². The molecule has 0 atom stereocenters. The van der Waals surface area contributed by atoms with E-state index in [1.807, 2.05) is 6.92 Å². The topological polar surface area (TPSA) is 91.5 Å². The number of aliphatic hydroxyl groups excluding tert-OH is 1. The molecule has 0 saturated heterocycles. The van der Waals surface area contributed by atoms with Crippen LogP contribution in [0.15, 0.2) is 58.8 Å². The van der Waals surface area contributed by atoms with Gasteiger partial charge in [-0.3, -0.25) is 0 Å². The Hall–Kier alpha value is -2.99. The molecule has 0 saturated carbocycles. The van der Waals surface area contributed by atoms with Gasteiger partial charge in [-0.1, -0.05) is 18.7 Å². The van der Waals surface area contributed by atoms with Crippen LogP contribution in [0.2, 0.25) is 0 Å². The summed E-state index contributed by atoms with van der Waals surface area (Å²) in [5.74, 6) is -0.608. The number of hydrogen-bond acceptors (Lipinski definition) is 6. The van der Waals surface area contributed by atoms with Gasteiger partial charge in [-0.15, -0.1) is 5.11 Å². The zero-order valence-corrected chi connectivity index (χ0v) is 14.2. The molecule has 25 heavy (non-hydrogen) atoms. The summed E-state index contributed by atoms with van der Waals surface area (Å²) in [4.78, 5) is 11.5. The number of nitrogens with zero attached hydrogens (tertiary/aromatic N) is 2. The Balaban J connectivity index is 2.21. The summed E-state index contributed by atoms with van der Waals surface area (Å²) in [5, 5.41) is 27.5. The van der Waals surface area contributed by atoms with Gasteiger partial charge in [0.1, 0.15) is 18.0 Å². The van der Waals surface area contributed by atoms with Crippen LogP contribution in [0.5, 0.6) is 5.75 Å². The van der Waals surface area contributed by atoms with E-state index in [-0.39, 0.29) is 24.7 Å². The molecule has 6 nitrogen and oxygen atoms in total. The van der Waals surface area contributed by atoms with Gasteiger partial charge in [0.25, 0.3) is 0 Å². The monoisotopic (exact) mass is 340 g/mol. The van der Waals surface area contributed by atoms with Crippen molar-refractivity contribution < 1.29 is 19.7 Å². The third-order valence-corrected chi connectivity index (χ3v) is 3.41. The fraction of sp³-hybridized carbons (Fsp3) is 0.211. The number of carbonyl (C=O) groups excluding carboxylic acids is 1. The van der Waals surface area contributed by atoms with Crippen LogP contribution in [0, 0.1) is 6.92 Å². The molecule has 0 fully saturated rings. The standard InChI is InChI=1S/C19H20N2O4/c1-12(2)19(24)25-11-15-8-13(3)9-17(18(15)23)21-20-16-6-4-14(10-22)5-7-16/h4-9,22-23H,1,10-11H2,2-3H3. The Bertz CT molecular complexity index is 811. The Morgan fingerprint density at radius 1 is 1.20 bits per heavy atom. The van der Waals surface area contributed by atoms with Gasteiger partial charge in [0.05, 0.1) is 12.3 Å². The fourth-order valence-electron chi connectivity index (χ4n) is 2.07. The smallest absolute Gasteiger partial charge is 0.333 e. The van der Waals surface area contributed by atoms with Crippen LogP contribution in [0.1, 0.15) is 23.6 Å². The van der Waals surface area contributed by atoms with Gasteiger partial charge in [0, 0.05) is 11.1 Å². The number of esters is 1. The Labute approximate surface area is 146 Å². The van der Waals surface area contributed by atoms with Gasteiger partial charge in [0.2, 0.25) is 0 Å². The minimum atomic E-state index is -0.520. The molecule has 0 spiro atoms. The number of phenols is 1. The predicted molar refractivity (Wildman–Crippen MR) is 94.0 cm³/mol. The van der Waals surface area contributed by atoms with Crippen molar-refractivity contribution in [1.82, 2.24) is 0 Å². The van der Waals surface area contributed by atoms with Crippen LogP contribution in [-0.4, -0.2) is 16.2 Å². The average molecular weight is 340 g/mol. The van der Waals surface area contributed by atoms with Crippen molar-refractivity contribution in [3.8, 4) is 5.75 Å². The Morgan fingerprint density at radius 3 is 2.48 bits per heavy atom. The molecule has 0 aromatic heterocycles. The zero-order valence-electron chi connectivity index (χ0n) is 14.2. The van der Waals surface area contributed by atoms with E-state index in [1.165, 1.54) is 0 Å². The zero-order chi connectivity index (χ0) is 18.4. The first-order valence-electron chi connectivity index (χ1n) is 7.67. The molecule has 0 amide bonds. The van der Waals surface area contributed by atoms with Crippen LogP contribution in [0.25, 0.3) is 0 Å². The van der Waals surface area contributed by atoms with Gasteiger partial charge >= 0.3 is 5.97 Å². The number of aromatic hydroxyl groups is 1. The van der Waals surface area contributed by atoms with E-state index < -0.39 is 5.97 Å². The maximum atomic E-state index is 11.5. The third kappa shape index (κ3) is 4.99. The number of aliphatic hydroxyl groups is 1. The molecule has 0 bridgehead atoms. The molecule has 0 heterocycles. The van der Waals surface area contributed by atoms with Gasteiger partial charge in [-0.25, -0.2) is 4.79 Å². The summed E-state index contributed by atoms with van der Waals surface area (Å²) in [6, 6.07) is 10.3. The first-order chi connectivity index (χ1) is 11.9. The number of azo groups is 1. The summed E-state index contributed by atoms with van der Waals surface area (Å²) in [5.41, 5.74) is 3.24. The Kier molecular flexibility index (Phi) is 6.03. The van der Waals surface area contributed by atoms with Crippen molar-refractivity contribution in [2.45, 2.75) is 27.1 Å². The number of aryl methyl sites for hydroxylation is 1. The minimum absolute atomic E-state index is 0.0393. The molecule has 0 aliphatic rings. The highest BCUT2D eigenvalue weighted by Gasteiger charge is 2.11. The lowest BCUT2D eigenvalue weighted by Gasteiger charge is -2.09. The highest BCUT2D eigenvalue weighted by molar-refractivity contribution is 5.86. The number of phenolic OH excluding ortho intramolecular Hbond substituents is 1. The van der Waals surface area contributed by atoms with E-state index in [0.717, 1.165) is 11.1 Å². The van der Waals surface area contributed by atoms with Gasteiger partial charge in [0.15, 0.2) is 0 Å². The quantitative estimate of drug-likeness (QED) is 0.468. The molecule has 0 aliphatic carbocycles. The number of benzene rings is 2. The second-order valence-electron chi connectivity index (χ2n) is 5.67. The third-order valence-electron chi connectivity index (χ3n) is 3.41. The van der Waals surface area contributed by atoms with Gasteiger partial charge < -0.3 is 14.9 Å². The maximum Gasteiger partial charge on any atom is 0.333 e. The number of rotatable bonds is 6. The predicted octanol–water partition coefficient (Wildman–Crippen LogP) is 4.23. The number of carbonyl (C=O) groups is 1. The lowest BCUT2D eigenvalue weighted by Crippen LogP contribution is -2.05.